The van der Waals surface area contributed by atoms with Gasteiger partial charge in [0, 0.05) is 31.6 Å². The third-order valence-corrected chi connectivity index (χ3v) is 5.78. The number of hydrogen-bond donors (Lipinski definition) is 3. The number of carbonyl (C=O) groups excluding carboxylic acids is 4. The Morgan fingerprint density at radius 3 is 2.52 bits per heavy atom. The van der Waals surface area contributed by atoms with Crippen LogP contribution in [-0.2, 0) is 16.1 Å². The number of fused-ring (bicyclic) bond motifs is 1. The minimum atomic E-state index is -0.930. The highest BCUT2D eigenvalue weighted by Gasteiger charge is 2.44. The lowest BCUT2D eigenvalue weighted by atomic mass is 9.89. The van der Waals surface area contributed by atoms with Gasteiger partial charge in [0.1, 0.15) is 6.04 Å². The van der Waals surface area contributed by atoms with Crippen molar-refractivity contribution >= 4 is 23.6 Å². The van der Waals surface area contributed by atoms with E-state index < -0.39 is 23.8 Å². The van der Waals surface area contributed by atoms with Gasteiger partial charge in [-0.1, -0.05) is 13.0 Å². The van der Waals surface area contributed by atoms with Gasteiger partial charge in [-0.25, -0.2) is 0 Å². The number of benzene rings is 1. The van der Waals surface area contributed by atoms with Gasteiger partial charge in [0.25, 0.3) is 11.8 Å². The Balaban J connectivity index is 1.53. The van der Waals surface area contributed by atoms with Crippen molar-refractivity contribution in [1.82, 2.24) is 20.9 Å². The second-order valence-corrected chi connectivity index (χ2v) is 7.42. The van der Waals surface area contributed by atoms with Gasteiger partial charge < -0.3 is 10.6 Å². The largest absolute Gasteiger partial charge is 0.313 e. The Bertz CT molecular complexity index is 841. The van der Waals surface area contributed by atoms with Crippen molar-refractivity contribution in [3.63, 3.8) is 0 Å². The number of nitrogens with zero attached hydrogens (tertiary/aromatic N) is 1. The van der Waals surface area contributed by atoms with Crippen molar-refractivity contribution in [1.29, 1.82) is 0 Å². The zero-order valence-electron chi connectivity index (χ0n) is 15.1. The van der Waals surface area contributed by atoms with Gasteiger partial charge in [0.2, 0.25) is 11.8 Å². The number of amides is 4. The van der Waals surface area contributed by atoms with Crippen LogP contribution < -0.4 is 16.0 Å². The number of carbonyl (C=O) groups is 4. The zero-order valence-corrected chi connectivity index (χ0v) is 15.1. The molecule has 3 N–H and O–H groups in total. The lowest BCUT2D eigenvalue weighted by Gasteiger charge is -2.43. The molecule has 4 amide bonds. The van der Waals surface area contributed by atoms with Crippen LogP contribution in [0.15, 0.2) is 18.2 Å². The van der Waals surface area contributed by atoms with E-state index in [1.807, 2.05) is 6.07 Å². The fourth-order valence-corrected chi connectivity index (χ4v) is 3.84. The minimum absolute atomic E-state index is 0.0810. The van der Waals surface area contributed by atoms with Crippen molar-refractivity contribution in [2.75, 3.05) is 13.1 Å². The van der Waals surface area contributed by atoms with Crippen molar-refractivity contribution < 1.29 is 19.2 Å². The molecule has 8 nitrogen and oxygen atoms in total. The smallest absolute Gasteiger partial charge is 0.262 e. The summed E-state index contributed by atoms with van der Waals surface area (Å²) in [5.41, 5.74) is 1.63. The number of hydrogen-bond acceptors (Lipinski definition) is 6. The summed E-state index contributed by atoms with van der Waals surface area (Å²) in [4.78, 5) is 49.9. The molecule has 2 saturated heterocycles. The third-order valence-electron chi connectivity index (χ3n) is 5.78. The van der Waals surface area contributed by atoms with E-state index in [0.29, 0.717) is 17.7 Å². The maximum absolute atomic E-state index is 12.8. The van der Waals surface area contributed by atoms with Gasteiger partial charge in [0.05, 0.1) is 11.1 Å². The second kappa shape index (κ2) is 6.54. The first kappa shape index (κ1) is 17.8. The molecule has 0 spiro atoms. The van der Waals surface area contributed by atoms with Crippen molar-refractivity contribution in [3.8, 4) is 0 Å². The van der Waals surface area contributed by atoms with Crippen LogP contribution in [0.5, 0.6) is 0 Å². The fraction of sp³-hybridized carbons (Fsp3) is 0.474. The maximum atomic E-state index is 12.8. The Labute approximate surface area is 156 Å². The standard InChI is InChI=1S/C19H22N4O4/c1-2-19(9-20-10-19)21-8-11-3-4-12-13(7-11)18(27)23(17(12)26)14-5-6-15(24)22-16(14)25/h3-4,7,14,20-21H,2,5-6,8-10H2,1H3,(H,22,24,25). The fourth-order valence-electron chi connectivity index (χ4n) is 3.84. The van der Waals surface area contributed by atoms with Crippen LogP contribution in [-0.4, -0.2) is 53.2 Å². The van der Waals surface area contributed by atoms with Gasteiger partial charge in [-0.3, -0.25) is 29.4 Å². The summed E-state index contributed by atoms with van der Waals surface area (Å²) in [5.74, 6) is -1.92. The number of piperidine rings is 1. The molecule has 3 heterocycles. The van der Waals surface area contributed by atoms with E-state index in [2.05, 4.69) is 22.9 Å². The number of imide groups is 2. The van der Waals surface area contributed by atoms with E-state index in [4.69, 9.17) is 0 Å². The monoisotopic (exact) mass is 370 g/mol. The van der Waals surface area contributed by atoms with Gasteiger partial charge in [-0.15, -0.1) is 0 Å². The number of rotatable bonds is 5. The van der Waals surface area contributed by atoms with E-state index in [-0.39, 0.29) is 24.3 Å². The Morgan fingerprint density at radius 2 is 1.89 bits per heavy atom. The first-order valence-corrected chi connectivity index (χ1v) is 9.24. The van der Waals surface area contributed by atoms with Crippen molar-refractivity contribution in [3.05, 3.63) is 34.9 Å². The van der Waals surface area contributed by atoms with Crippen LogP contribution in [0.4, 0.5) is 0 Å². The van der Waals surface area contributed by atoms with Crippen LogP contribution in [0.3, 0.4) is 0 Å². The molecule has 1 aromatic carbocycles. The highest BCUT2D eigenvalue weighted by atomic mass is 16.2. The van der Waals surface area contributed by atoms with Gasteiger partial charge in [-0.05, 0) is 30.5 Å². The average molecular weight is 370 g/mol. The summed E-state index contributed by atoms with van der Waals surface area (Å²) in [6.45, 7) is 4.56. The molecule has 1 atom stereocenters. The van der Waals surface area contributed by atoms with E-state index in [9.17, 15) is 19.2 Å². The lowest BCUT2D eigenvalue weighted by molar-refractivity contribution is -0.136. The van der Waals surface area contributed by atoms with Crippen LogP contribution >= 0.6 is 0 Å². The van der Waals surface area contributed by atoms with Gasteiger partial charge in [0.15, 0.2) is 0 Å². The minimum Gasteiger partial charge on any atom is -0.313 e. The molecule has 0 saturated carbocycles. The van der Waals surface area contributed by atoms with Crippen LogP contribution in [0, 0.1) is 0 Å². The molecule has 142 valence electrons. The van der Waals surface area contributed by atoms with Crippen molar-refractivity contribution in [2.45, 2.75) is 44.3 Å². The van der Waals surface area contributed by atoms with E-state index in [1.54, 1.807) is 12.1 Å². The van der Waals surface area contributed by atoms with Gasteiger partial charge in [-0.2, -0.15) is 0 Å². The Morgan fingerprint density at radius 1 is 1.15 bits per heavy atom. The number of nitrogens with one attached hydrogen (secondary N) is 3. The molecule has 2 fully saturated rings. The SMILES string of the molecule is CCC1(NCc2ccc3c(c2)C(=O)N(C2CCC(=O)NC2=O)C3=O)CNC1. The Hall–Kier alpha value is -2.58. The first-order chi connectivity index (χ1) is 12.9. The third kappa shape index (κ3) is 2.94. The lowest BCUT2D eigenvalue weighted by Crippen LogP contribution is -2.67. The highest BCUT2D eigenvalue weighted by Crippen LogP contribution is 2.28. The molecule has 0 bridgehead atoms. The molecule has 1 aromatic rings. The summed E-state index contributed by atoms with van der Waals surface area (Å²) in [6.07, 6.45) is 1.29. The zero-order chi connectivity index (χ0) is 19.2. The van der Waals surface area contributed by atoms with Gasteiger partial charge >= 0.3 is 0 Å². The van der Waals surface area contributed by atoms with Crippen LogP contribution in [0.25, 0.3) is 0 Å². The van der Waals surface area contributed by atoms with E-state index in [0.717, 1.165) is 30.0 Å². The molecule has 0 radical (unpaired) electrons. The summed E-state index contributed by atoms with van der Waals surface area (Å²) < 4.78 is 0. The average Bonchev–Trinajstić information content (AvgIpc) is 2.86. The highest BCUT2D eigenvalue weighted by molar-refractivity contribution is 6.23. The molecule has 3 aliphatic heterocycles. The van der Waals surface area contributed by atoms with Crippen LogP contribution in [0.1, 0.15) is 52.5 Å². The predicted molar refractivity (Wildman–Crippen MR) is 95.8 cm³/mol. The Kier molecular flexibility index (Phi) is 4.32. The second-order valence-electron chi connectivity index (χ2n) is 7.42. The molecule has 1 unspecified atom stereocenters. The normalized spacial score (nSPS) is 23.9. The maximum Gasteiger partial charge on any atom is 0.262 e. The van der Waals surface area contributed by atoms with Crippen molar-refractivity contribution in [2.24, 2.45) is 0 Å². The molecule has 3 aliphatic rings. The predicted octanol–water partition coefficient (Wildman–Crippen LogP) is -0.0706. The molecule has 8 heteroatoms. The molecular weight excluding hydrogens is 348 g/mol. The first-order valence-electron chi connectivity index (χ1n) is 9.24. The molecule has 27 heavy (non-hydrogen) atoms. The topological polar surface area (TPSA) is 108 Å². The van der Waals surface area contributed by atoms with E-state index in [1.165, 1.54) is 0 Å². The van der Waals surface area contributed by atoms with E-state index >= 15 is 0 Å². The summed E-state index contributed by atoms with van der Waals surface area (Å²) in [7, 11) is 0. The quantitative estimate of drug-likeness (QED) is 0.627. The molecule has 0 aliphatic carbocycles. The molecule has 0 aromatic heterocycles. The van der Waals surface area contributed by atoms with Crippen LogP contribution in [0.2, 0.25) is 0 Å². The molecule has 4 rings (SSSR count). The summed E-state index contributed by atoms with van der Waals surface area (Å²) in [5, 5.41) is 8.99. The molecular formula is C19H22N4O4. The summed E-state index contributed by atoms with van der Waals surface area (Å²) in [6, 6.07) is 4.28. The summed E-state index contributed by atoms with van der Waals surface area (Å²) >= 11 is 0.